The first-order valence-electron chi connectivity index (χ1n) is 9.68. The number of benzene rings is 1. The lowest BCUT2D eigenvalue weighted by Crippen LogP contribution is -2.31. The molecule has 4 rings (SSSR count). The number of nitrogens with one attached hydrogen (secondary N) is 1. The van der Waals surface area contributed by atoms with Gasteiger partial charge in [0.1, 0.15) is 21.7 Å². The van der Waals surface area contributed by atoms with Crippen LogP contribution in [0.4, 0.5) is 0 Å². The number of sulfone groups is 1. The van der Waals surface area contributed by atoms with E-state index in [0.29, 0.717) is 17.7 Å². The molecule has 0 saturated carbocycles. The Balaban J connectivity index is 2.16. The number of hydrogen-bond donors (Lipinski definition) is 1. The van der Waals surface area contributed by atoms with E-state index in [9.17, 15) is 13.2 Å². The number of rotatable bonds is 4. The van der Waals surface area contributed by atoms with Crippen molar-refractivity contribution in [3.05, 3.63) is 76.1 Å². The average molecular weight is 423 g/mol. The lowest BCUT2D eigenvalue weighted by atomic mass is 10.2. The number of aryl methyl sites for hydroxylation is 1. The van der Waals surface area contributed by atoms with Gasteiger partial charge in [0.2, 0.25) is 9.84 Å². The second-order valence-electron chi connectivity index (χ2n) is 7.38. The molecule has 0 bridgehead atoms. The molecule has 0 fully saturated rings. The zero-order chi connectivity index (χ0) is 21.6. The van der Waals surface area contributed by atoms with Gasteiger partial charge in [0.25, 0.3) is 5.56 Å². The van der Waals surface area contributed by atoms with Crippen LogP contribution in [0.3, 0.4) is 0 Å². The lowest BCUT2D eigenvalue weighted by Gasteiger charge is -2.19. The molecule has 3 aromatic heterocycles. The highest BCUT2D eigenvalue weighted by Gasteiger charge is 2.25. The van der Waals surface area contributed by atoms with Gasteiger partial charge in [-0.05, 0) is 50.6 Å². The van der Waals surface area contributed by atoms with Crippen LogP contribution in [0.15, 0.2) is 69.3 Å². The van der Waals surface area contributed by atoms with Gasteiger partial charge < -0.3 is 4.57 Å². The number of fused-ring (bicyclic) bond motifs is 2. The van der Waals surface area contributed by atoms with E-state index in [0.717, 1.165) is 5.56 Å². The van der Waals surface area contributed by atoms with Gasteiger partial charge in [-0.2, -0.15) is 0 Å². The van der Waals surface area contributed by atoms with Crippen molar-refractivity contribution < 1.29 is 8.42 Å². The summed E-state index contributed by atoms with van der Waals surface area (Å²) in [6, 6.07) is 12.7. The molecule has 0 aliphatic heterocycles. The highest BCUT2D eigenvalue weighted by molar-refractivity contribution is 7.91. The van der Waals surface area contributed by atoms with Gasteiger partial charge in [0, 0.05) is 12.2 Å². The fraction of sp³-hybridized carbons (Fsp3) is 0.227. The summed E-state index contributed by atoms with van der Waals surface area (Å²) in [6.45, 7) is 5.70. The predicted octanol–water partition coefficient (Wildman–Crippen LogP) is 3.24. The molecule has 154 valence electrons. The number of hydrogen-bond acceptors (Lipinski definition) is 5. The van der Waals surface area contributed by atoms with Crippen LogP contribution in [0.1, 0.15) is 31.9 Å². The van der Waals surface area contributed by atoms with Crippen LogP contribution < -0.4 is 11.0 Å². The van der Waals surface area contributed by atoms with E-state index < -0.39 is 9.84 Å². The standard InChI is InChI=1S/C22H22N4O3S/c1-4-15(3)26-20(23)18(30(28,29)16-10-8-14(2)9-11-16)13-17-21(26)24-19-7-5-6-12-25(19)22(17)27/h5-13,15,23H,4H2,1-3H3. The third-order valence-electron chi connectivity index (χ3n) is 5.38. The van der Waals surface area contributed by atoms with Crippen LogP contribution in [-0.2, 0) is 9.84 Å². The van der Waals surface area contributed by atoms with Gasteiger partial charge in [-0.1, -0.05) is 30.7 Å². The highest BCUT2D eigenvalue weighted by Crippen LogP contribution is 2.23. The summed E-state index contributed by atoms with van der Waals surface area (Å²) in [4.78, 5) is 17.7. The second kappa shape index (κ2) is 7.21. The Morgan fingerprint density at radius 3 is 2.50 bits per heavy atom. The molecule has 3 heterocycles. The van der Waals surface area contributed by atoms with Crippen molar-refractivity contribution in [1.82, 2.24) is 14.0 Å². The second-order valence-corrected chi connectivity index (χ2v) is 9.30. The first-order valence-corrected chi connectivity index (χ1v) is 11.2. The first-order chi connectivity index (χ1) is 14.3. The zero-order valence-corrected chi connectivity index (χ0v) is 17.8. The van der Waals surface area contributed by atoms with Gasteiger partial charge in [0.15, 0.2) is 0 Å². The van der Waals surface area contributed by atoms with Crippen LogP contribution in [0.2, 0.25) is 0 Å². The van der Waals surface area contributed by atoms with Gasteiger partial charge in [-0.3, -0.25) is 14.6 Å². The molecule has 1 N–H and O–H groups in total. The third-order valence-corrected chi connectivity index (χ3v) is 7.16. The van der Waals surface area contributed by atoms with Crippen molar-refractivity contribution >= 4 is 26.5 Å². The summed E-state index contributed by atoms with van der Waals surface area (Å²) < 4.78 is 29.7. The van der Waals surface area contributed by atoms with E-state index in [1.165, 1.54) is 22.6 Å². The molecular formula is C22H22N4O3S. The molecule has 4 aromatic rings. The number of pyridine rings is 2. The minimum Gasteiger partial charge on any atom is -0.307 e. The molecule has 8 heteroatoms. The third kappa shape index (κ3) is 3.04. The topological polar surface area (TPSA) is 97.3 Å². The van der Waals surface area contributed by atoms with E-state index in [4.69, 9.17) is 5.41 Å². The van der Waals surface area contributed by atoms with Crippen LogP contribution in [0.25, 0.3) is 16.7 Å². The van der Waals surface area contributed by atoms with Crippen molar-refractivity contribution in [2.24, 2.45) is 0 Å². The zero-order valence-electron chi connectivity index (χ0n) is 17.0. The summed E-state index contributed by atoms with van der Waals surface area (Å²) in [6.07, 6.45) is 2.25. The predicted molar refractivity (Wildman–Crippen MR) is 114 cm³/mol. The Bertz CT molecular complexity index is 1500. The van der Waals surface area contributed by atoms with Crippen LogP contribution in [0, 0.1) is 12.3 Å². The Morgan fingerprint density at radius 2 is 1.83 bits per heavy atom. The Labute approximate surface area is 173 Å². The quantitative estimate of drug-likeness (QED) is 0.511. The van der Waals surface area contributed by atoms with E-state index in [2.05, 4.69) is 4.98 Å². The van der Waals surface area contributed by atoms with E-state index in [-0.39, 0.29) is 32.3 Å². The van der Waals surface area contributed by atoms with Crippen molar-refractivity contribution in [2.75, 3.05) is 0 Å². The fourth-order valence-corrected chi connectivity index (χ4v) is 4.86. The molecule has 1 aromatic carbocycles. The Hall–Kier alpha value is -3.26. The van der Waals surface area contributed by atoms with E-state index >= 15 is 0 Å². The maximum Gasteiger partial charge on any atom is 0.267 e. The van der Waals surface area contributed by atoms with Gasteiger partial charge in [-0.25, -0.2) is 13.4 Å². The van der Waals surface area contributed by atoms with Crippen LogP contribution in [0.5, 0.6) is 0 Å². The minimum absolute atomic E-state index is 0.0884. The molecule has 0 radical (unpaired) electrons. The smallest absolute Gasteiger partial charge is 0.267 e. The summed E-state index contributed by atoms with van der Waals surface area (Å²) >= 11 is 0. The Kier molecular flexibility index (Phi) is 4.82. The van der Waals surface area contributed by atoms with Crippen LogP contribution >= 0.6 is 0 Å². The number of nitrogens with zero attached hydrogens (tertiary/aromatic N) is 3. The molecule has 0 amide bonds. The van der Waals surface area contributed by atoms with Gasteiger partial charge >= 0.3 is 0 Å². The molecule has 0 aliphatic rings. The summed E-state index contributed by atoms with van der Waals surface area (Å²) in [5, 5.41) is 8.89. The average Bonchev–Trinajstić information content (AvgIpc) is 2.73. The van der Waals surface area contributed by atoms with Crippen LogP contribution in [-0.4, -0.2) is 22.4 Å². The highest BCUT2D eigenvalue weighted by atomic mass is 32.2. The van der Waals surface area contributed by atoms with Gasteiger partial charge in [0.05, 0.1) is 10.3 Å². The molecule has 0 aliphatic carbocycles. The summed E-state index contributed by atoms with van der Waals surface area (Å²) in [7, 11) is -4.00. The Morgan fingerprint density at radius 1 is 1.13 bits per heavy atom. The molecule has 0 spiro atoms. The SMILES string of the molecule is CCC(C)n1c(=N)c(S(=O)(=O)c2ccc(C)cc2)cc2c(=O)n3ccccc3nc21. The molecule has 7 nitrogen and oxygen atoms in total. The minimum atomic E-state index is -4.00. The van der Waals surface area contributed by atoms with Crippen molar-refractivity contribution in [3.63, 3.8) is 0 Å². The lowest BCUT2D eigenvalue weighted by molar-refractivity contribution is 0.508. The maximum absolute atomic E-state index is 13.4. The molecule has 30 heavy (non-hydrogen) atoms. The molecule has 1 atom stereocenters. The van der Waals surface area contributed by atoms with Crippen molar-refractivity contribution in [3.8, 4) is 0 Å². The van der Waals surface area contributed by atoms with E-state index in [1.807, 2.05) is 20.8 Å². The first kappa shape index (κ1) is 20.0. The monoisotopic (exact) mass is 422 g/mol. The van der Waals surface area contributed by atoms with Crippen molar-refractivity contribution in [1.29, 1.82) is 5.41 Å². The van der Waals surface area contributed by atoms with Crippen molar-refractivity contribution in [2.45, 2.75) is 43.0 Å². The molecule has 0 saturated heterocycles. The molecule has 1 unspecified atom stereocenters. The number of aromatic nitrogens is 3. The maximum atomic E-state index is 13.4. The largest absolute Gasteiger partial charge is 0.307 e. The van der Waals surface area contributed by atoms with E-state index in [1.54, 1.807) is 41.1 Å². The summed E-state index contributed by atoms with van der Waals surface area (Å²) in [5.74, 6) is 0. The normalized spacial score (nSPS) is 13.0. The summed E-state index contributed by atoms with van der Waals surface area (Å²) in [5.41, 5.74) is 1.15. The fourth-order valence-electron chi connectivity index (χ4n) is 3.49. The molecular weight excluding hydrogens is 400 g/mol. The van der Waals surface area contributed by atoms with Gasteiger partial charge in [-0.15, -0.1) is 0 Å².